The van der Waals surface area contributed by atoms with E-state index in [0.29, 0.717) is 23.6 Å². The highest BCUT2D eigenvalue weighted by atomic mass is 19.1. The zero-order valence-electron chi connectivity index (χ0n) is 9.37. The minimum atomic E-state index is -0.365. The number of nitrogens with one attached hydrogen (secondary N) is 1. The Balaban J connectivity index is 2.54. The average Bonchev–Trinajstić information content (AvgIpc) is 2.29. The van der Waals surface area contributed by atoms with E-state index in [1.54, 1.807) is 18.2 Å². The third-order valence-electron chi connectivity index (χ3n) is 2.30. The number of rotatable bonds is 3. The van der Waals surface area contributed by atoms with Gasteiger partial charge in [0, 0.05) is 17.7 Å². The molecule has 0 aliphatic rings. The number of H-pyrrole nitrogens is 1. The summed E-state index contributed by atoms with van der Waals surface area (Å²) in [5, 5.41) is 0. The summed E-state index contributed by atoms with van der Waals surface area (Å²) in [6.07, 6.45) is 0. The quantitative estimate of drug-likeness (QED) is 0.885. The zero-order valence-corrected chi connectivity index (χ0v) is 9.37. The second-order valence-corrected chi connectivity index (χ2v) is 3.50. The fourth-order valence-electron chi connectivity index (χ4n) is 1.60. The zero-order chi connectivity index (χ0) is 12.3. The molecule has 0 atom stereocenters. The second kappa shape index (κ2) is 4.82. The van der Waals surface area contributed by atoms with E-state index in [1.807, 2.05) is 6.92 Å². The first-order valence-corrected chi connectivity index (χ1v) is 5.33. The number of aromatic nitrogens is 1. The Kier molecular flexibility index (Phi) is 3.23. The van der Waals surface area contributed by atoms with Gasteiger partial charge in [0.15, 0.2) is 0 Å². The molecule has 0 saturated carbocycles. The lowest BCUT2D eigenvalue weighted by Gasteiger charge is -2.09. The van der Waals surface area contributed by atoms with E-state index < -0.39 is 0 Å². The van der Waals surface area contributed by atoms with Crippen molar-refractivity contribution in [2.24, 2.45) is 0 Å². The van der Waals surface area contributed by atoms with Crippen molar-refractivity contribution in [1.82, 2.24) is 4.98 Å². The fraction of sp³-hybridized carbons (Fsp3) is 0.154. The smallest absolute Gasteiger partial charge is 0.248 e. The van der Waals surface area contributed by atoms with E-state index in [0.717, 1.165) is 0 Å². The van der Waals surface area contributed by atoms with Gasteiger partial charge >= 0.3 is 0 Å². The summed E-state index contributed by atoms with van der Waals surface area (Å²) < 4.78 is 18.5. The molecule has 0 amide bonds. The van der Waals surface area contributed by atoms with Crippen molar-refractivity contribution >= 4 is 0 Å². The van der Waals surface area contributed by atoms with E-state index in [1.165, 1.54) is 18.2 Å². The molecule has 3 nitrogen and oxygen atoms in total. The number of ether oxygens (including phenoxy) is 1. The van der Waals surface area contributed by atoms with E-state index in [4.69, 9.17) is 4.74 Å². The van der Waals surface area contributed by atoms with Crippen LogP contribution in [0.3, 0.4) is 0 Å². The van der Waals surface area contributed by atoms with Gasteiger partial charge in [-0.15, -0.1) is 0 Å². The van der Waals surface area contributed by atoms with Crippen molar-refractivity contribution in [1.29, 1.82) is 0 Å². The molecule has 4 heteroatoms. The Morgan fingerprint density at radius 1 is 1.29 bits per heavy atom. The summed E-state index contributed by atoms with van der Waals surface area (Å²) in [7, 11) is 0. The summed E-state index contributed by atoms with van der Waals surface area (Å²) in [5.41, 5.74) is 1.08. The molecule has 0 fully saturated rings. The third-order valence-corrected chi connectivity index (χ3v) is 2.30. The minimum absolute atomic E-state index is 0.200. The number of pyridine rings is 1. The van der Waals surface area contributed by atoms with Gasteiger partial charge in [-0.05, 0) is 25.1 Å². The predicted molar refractivity (Wildman–Crippen MR) is 63.6 cm³/mol. The van der Waals surface area contributed by atoms with Crippen LogP contribution in [-0.2, 0) is 0 Å². The molecule has 1 heterocycles. The van der Waals surface area contributed by atoms with E-state index >= 15 is 0 Å². The van der Waals surface area contributed by atoms with Crippen LogP contribution in [-0.4, -0.2) is 11.6 Å². The molecule has 2 aromatic rings. The first-order valence-electron chi connectivity index (χ1n) is 5.33. The number of benzene rings is 1. The lowest BCUT2D eigenvalue weighted by Crippen LogP contribution is -2.04. The van der Waals surface area contributed by atoms with Gasteiger partial charge in [0.05, 0.1) is 12.3 Å². The first-order chi connectivity index (χ1) is 8.20. The van der Waals surface area contributed by atoms with Gasteiger partial charge in [-0.3, -0.25) is 4.79 Å². The maximum absolute atomic E-state index is 13.1. The van der Waals surface area contributed by atoms with Crippen LogP contribution in [0.1, 0.15) is 6.92 Å². The van der Waals surface area contributed by atoms with Crippen LogP contribution in [0.2, 0.25) is 0 Å². The van der Waals surface area contributed by atoms with Crippen molar-refractivity contribution in [3.8, 4) is 17.0 Å². The first kappa shape index (κ1) is 11.4. The monoisotopic (exact) mass is 233 g/mol. The van der Waals surface area contributed by atoms with Crippen LogP contribution in [0.15, 0.2) is 41.2 Å². The van der Waals surface area contributed by atoms with E-state index in [9.17, 15) is 9.18 Å². The Labute approximate surface area is 97.9 Å². The molecule has 0 saturated heterocycles. The lowest BCUT2D eigenvalue weighted by molar-refractivity contribution is 0.339. The standard InChI is InChI=1S/C13H12FNO2/c1-2-17-12-8-9(14)6-7-10(12)11-4-3-5-13(16)15-11/h3-8H,2H2,1H3,(H,15,16). The highest BCUT2D eigenvalue weighted by molar-refractivity contribution is 5.66. The van der Waals surface area contributed by atoms with Crippen LogP contribution in [0.4, 0.5) is 4.39 Å². The predicted octanol–water partition coefficient (Wildman–Crippen LogP) is 2.58. The normalized spacial score (nSPS) is 10.2. The number of hydrogen-bond acceptors (Lipinski definition) is 2. The van der Waals surface area contributed by atoms with Crippen LogP contribution in [0.25, 0.3) is 11.3 Å². The maximum Gasteiger partial charge on any atom is 0.248 e. The fourth-order valence-corrected chi connectivity index (χ4v) is 1.60. The van der Waals surface area contributed by atoms with Crippen LogP contribution < -0.4 is 10.3 Å². The van der Waals surface area contributed by atoms with Gasteiger partial charge in [-0.2, -0.15) is 0 Å². The average molecular weight is 233 g/mol. The largest absolute Gasteiger partial charge is 0.493 e. The number of halogens is 1. The van der Waals surface area contributed by atoms with Gasteiger partial charge in [0.2, 0.25) is 5.56 Å². The molecular formula is C13H12FNO2. The molecule has 1 aromatic heterocycles. The van der Waals surface area contributed by atoms with Gasteiger partial charge in [-0.1, -0.05) is 6.07 Å². The maximum atomic E-state index is 13.1. The molecule has 17 heavy (non-hydrogen) atoms. The summed E-state index contributed by atoms with van der Waals surface area (Å²) in [4.78, 5) is 13.9. The van der Waals surface area contributed by atoms with Gasteiger partial charge in [0.1, 0.15) is 11.6 Å². The highest BCUT2D eigenvalue weighted by Gasteiger charge is 2.08. The van der Waals surface area contributed by atoms with Crippen LogP contribution in [0, 0.1) is 5.82 Å². The molecule has 1 aromatic carbocycles. The molecule has 88 valence electrons. The van der Waals surface area contributed by atoms with Gasteiger partial charge < -0.3 is 9.72 Å². The molecule has 0 radical (unpaired) electrons. The summed E-state index contributed by atoms with van der Waals surface area (Å²) in [6, 6.07) is 9.05. The molecule has 2 rings (SSSR count). The van der Waals surface area contributed by atoms with Crippen LogP contribution >= 0.6 is 0 Å². The van der Waals surface area contributed by atoms with Crippen molar-refractivity contribution in [2.75, 3.05) is 6.61 Å². The van der Waals surface area contributed by atoms with Gasteiger partial charge in [0.25, 0.3) is 0 Å². The molecule has 1 N–H and O–H groups in total. The number of hydrogen-bond donors (Lipinski definition) is 1. The molecule has 0 bridgehead atoms. The number of aromatic amines is 1. The van der Waals surface area contributed by atoms with Crippen molar-refractivity contribution < 1.29 is 9.13 Å². The highest BCUT2D eigenvalue weighted by Crippen LogP contribution is 2.28. The van der Waals surface area contributed by atoms with E-state index in [-0.39, 0.29) is 11.4 Å². The summed E-state index contributed by atoms with van der Waals surface area (Å²) in [6.45, 7) is 2.26. The van der Waals surface area contributed by atoms with Crippen molar-refractivity contribution in [3.05, 3.63) is 52.6 Å². The Morgan fingerprint density at radius 2 is 2.12 bits per heavy atom. The molecular weight excluding hydrogens is 221 g/mol. The molecule has 0 unspecified atom stereocenters. The lowest BCUT2D eigenvalue weighted by atomic mass is 10.1. The summed E-state index contributed by atoms with van der Waals surface area (Å²) >= 11 is 0. The third kappa shape index (κ3) is 2.53. The van der Waals surface area contributed by atoms with E-state index in [2.05, 4.69) is 4.98 Å². The molecule has 0 aliphatic carbocycles. The Bertz CT molecular complexity index is 578. The second-order valence-electron chi connectivity index (χ2n) is 3.50. The Morgan fingerprint density at radius 3 is 2.82 bits per heavy atom. The topological polar surface area (TPSA) is 42.1 Å². The minimum Gasteiger partial charge on any atom is -0.493 e. The SMILES string of the molecule is CCOc1cc(F)ccc1-c1cccc(=O)[nH]1. The molecule has 0 aliphatic heterocycles. The Hall–Kier alpha value is -2.10. The van der Waals surface area contributed by atoms with Gasteiger partial charge in [-0.25, -0.2) is 4.39 Å². The van der Waals surface area contributed by atoms with Crippen LogP contribution in [0.5, 0.6) is 5.75 Å². The molecule has 0 spiro atoms. The summed E-state index contributed by atoms with van der Waals surface area (Å²) in [5.74, 6) is 0.0600. The van der Waals surface area contributed by atoms with Crippen molar-refractivity contribution in [2.45, 2.75) is 6.92 Å². The van der Waals surface area contributed by atoms with Crippen molar-refractivity contribution in [3.63, 3.8) is 0 Å².